The second-order valence-electron chi connectivity index (χ2n) is 4.82. The van der Waals surface area contributed by atoms with E-state index in [0.29, 0.717) is 24.4 Å². The van der Waals surface area contributed by atoms with Crippen LogP contribution < -0.4 is 11.3 Å². The third-order valence-corrected chi connectivity index (χ3v) is 3.40. The molecule has 4 heteroatoms. The summed E-state index contributed by atoms with van der Waals surface area (Å²) < 4.78 is 0. The predicted octanol–water partition coefficient (Wildman–Crippen LogP) is 1.86. The van der Waals surface area contributed by atoms with Gasteiger partial charge in [0.2, 0.25) is 0 Å². The van der Waals surface area contributed by atoms with Crippen molar-refractivity contribution in [2.45, 2.75) is 27.2 Å². The molecule has 19 heavy (non-hydrogen) atoms. The Balaban J connectivity index is 2.52. The number of nitrogens with zero attached hydrogens (tertiary/aromatic N) is 1. The quantitative estimate of drug-likeness (QED) is 0.881. The van der Waals surface area contributed by atoms with E-state index < -0.39 is 0 Å². The molecule has 0 aliphatic rings. The van der Waals surface area contributed by atoms with Crippen LogP contribution in [-0.4, -0.2) is 16.5 Å². The van der Waals surface area contributed by atoms with Crippen molar-refractivity contribution in [1.29, 1.82) is 0 Å². The van der Waals surface area contributed by atoms with Crippen LogP contribution in [0.25, 0.3) is 11.4 Å². The Morgan fingerprint density at radius 1 is 1.21 bits per heavy atom. The zero-order chi connectivity index (χ0) is 14.0. The van der Waals surface area contributed by atoms with Crippen molar-refractivity contribution in [1.82, 2.24) is 9.97 Å². The topological polar surface area (TPSA) is 71.8 Å². The van der Waals surface area contributed by atoms with Crippen molar-refractivity contribution >= 4 is 0 Å². The number of rotatable bonds is 3. The van der Waals surface area contributed by atoms with E-state index in [0.717, 1.165) is 11.3 Å². The Labute approximate surface area is 112 Å². The molecular formula is C15H19N3O. The molecule has 0 fully saturated rings. The number of nitrogens with two attached hydrogens (primary N) is 1. The van der Waals surface area contributed by atoms with Crippen LogP contribution in [0.1, 0.15) is 22.4 Å². The smallest absolute Gasteiger partial charge is 0.254 e. The Morgan fingerprint density at radius 3 is 2.53 bits per heavy atom. The lowest BCUT2D eigenvalue weighted by Gasteiger charge is -2.08. The Morgan fingerprint density at radius 2 is 1.95 bits per heavy atom. The van der Waals surface area contributed by atoms with Gasteiger partial charge in [0.25, 0.3) is 5.56 Å². The number of benzene rings is 1. The SMILES string of the molecule is Cc1ccc(-c2nc(C)c(CCN)c(=O)[nH]2)cc1C. The summed E-state index contributed by atoms with van der Waals surface area (Å²) in [5.74, 6) is 0.617. The summed E-state index contributed by atoms with van der Waals surface area (Å²) in [4.78, 5) is 19.3. The van der Waals surface area contributed by atoms with Crippen molar-refractivity contribution < 1.29 is 0 Å². The summed E-state index contributed by atoms with van der Waals surface area (Å²) in [6.07, 6.45) is 0.557. The van der Waals surface area contributed by atoms with Gasteiger partial charge in [0.1, 0.15) is 5.82 Å². The lowest BCUT2D eigenvalue weighted by Crippen LogP contribution is -2.20. The lowest BCUT2D eigenvalue weighted by molar-refractivity contribution is 0.901. The maximum absolute atomic E-state index is 12.0. The zero-order valence-electron chi connectivity index (χ0n) is 11.6. The fraction of sp³-hybridized carbons (Fsp3) is 0.333. The van der Waals surface area contributed by atoms with Gasteiger partial charge in [-0.1, -0.05) is 12.1 Å². The minimum Gasteiger partial charge on any atom is -0.330 e. The molecule has 0 aliphatic heterocycles. The second-order valence-corrected chi connectivity index (χ2v) is 4.82. The first-order valence-electron chi connectivity index (χ1n) is 6.40. The molecule has 1 heterocycles. The van der Waals surface area contributed by atoms with Crippen molar-refractivity contribution in [2.75, 3.05) is 6.54 Å². The second kappa shape index (κ2) is 5.36. The molecule has 0 spiro atoms. The molecular weight excluding hydrogens is 238 g/mol. The van der Waals surface area contributed by atoms with E-state index in [1.807, 2.05) is 32.0 Å². The highest BCUT2D eigenvalue weighted by Gasteiger charge is 2.09. The Hall–Kier alpha value is -1.94. The summed E-state index contributed by atoms with van der Waals surface area (Å²) in [6, 6.07) is 6.05. The molecule has 2 rings (SSSR count). The summed E-state index contributed by atoms with van der Waals surface area (Å²) in [6.45, 7) is 6.41. The van der Waals surface area contributed by atoms with Crippen molar-refractivity contribution in [3.05, 3.63) is 50.9 Å². The number of nitrogens with one attached hydrogen (secondary N) is 1. The molecule has 0 bridgehead atoms. The van der Waals surface area contributed by atoms with E-state index in [-0.39, 0.29) is 5.56 Å². The number of aryl methyl sites for hydroxylation is 3. The molecule has 4 nitrogen and oxygen atoms in total. The van der Waals surface area contributed by atoms with Crippen LogP contribution in [0.3, 0.4) is 0 Å². The number of aromatic nitrogens is 2. The highest BCUT2D eigenvalue weighted by Crippen LogP contribution is 2.18. The summed E-state index contributed by atoms with van der Waals surface area (Å²) in [5, 5.41) is 0. The zero-order valence-corrected chi connectivity index (χ0v) is 11.6. The molecule has 1 aromatic carbocycles. The summed E-state index contributed by atoms with van der Waals surface area (Å²) >= 11 is 0. The van der Waals surface area contributed by atoms with Gasteiger partial charge in [-0.15, -0.1) is 0 Å². The third-order valence-electron chi connectivity index (χ3n) is 3.40. The van der Waals surface area contributed by atoms with Crippen LogP contribution in [0, 0.1) is 20.8 Å². The summed E-state index contributed by atoms with van der Waals surface area (Å²) in [5.41, 5.74) is 10.2. The van der Waals surface area contributed by atoms with E-state index in [1.54, 1.807) is 0 Å². The molecule has 0 unspecified atom stereocenters. The standard InChI is InChI=1S/C15H19N3O/c1-9-4-5-12(8-10(9)2)14-17-11(3)13(6-7-16)15(19)18-14/h4-5,8H,6-7,16H2,1-3H3,(H,17,18,19). The fourth-order valence-electron chi connectivity index (χ4n) is 2.07. The first-order chi connectivity index (χ1) is 9.02. The molecule has 0 atom stereocenters. The first-order valence-corrected chi connectivity index (χ1v) is 6.40. The van der Waals surface area contributed by atoms with Crippen LogP contribution in [0.4, 0.5) is 0 Å². The summed E-state index contributed by atoms with van der Waals surface area (Å²) in [7, 11) is 0. The van der Waals surface area contributed by atoms with Gasteiger partial charge in [-0.05, 0) is 50.9 Å². The molecule has 100 valence electrons. The molecule has 2 aromatic rings. The average molecular weight is 257 g/mol. The van der Waals surface area contributed by atoms with E-state index in [1.165, 1.54) is 11.1 Å². The van der Waals surface area contributed by atoms with Gasteiger partial charge < -0.3 is 10.7 Å². The Kier molecular flexibility index (Phi) is 3.81. The van der Waals surface area contributed by atoms with E-state index in [4.69, 9.17) is 5.73 Å². The van der Waals surface area contributed by atoms with Crippen molar-refractivity contribution in [2.24, 2.45) is 5.73 Å². The molecule has 0 radical (unpaired) electrons. The molecule has 0 saturated carbocycles. The largest absolute Gasteiger partial charge is 0.330 e. The van der Waals surface area contributed by atoms with E-state index in [9.17, 15) is 4.79 Å². The average Bonchev–Trinajstić information content (AvgIpc) is 2.37. The Bertz CT molecular complexity index is 659. The fourth-order valence-corrected chi connectivity index (χ4v) is 2.07. The molecule has 1 aromatic heterocycles. The molecule has 0 amide bonds. The maximum atomic E-state index is 12.0. The van der Waals surface area contributed by atoms with Gasteiger partial charge in [0.15, 0.2) is 0 Å². The number of aromatic amines is 1. The van der Waals surface area contributed by atoms with Crippen LogP contribution >= 0.6 is 0 Å². The van der Waals surface area contributed by atoms with Crippen molar-refractivity contribution in [3.63, 3.8) is 0 Å². The number of hydrogen-bond donors (Lipinski definition) is 2. The highest BCUT2D eigenvalue weighted by atomic mass is 16.1. The maximum Gasteiger partial charge on any atom is 0.254 e. The van der Waals surface area contributed by atoms with Gasteiger partial charge in [0, 0.05) is 16.8 Å². The molecule has 0 aliphatic carbocycles. The van der Waals surface area contributed by atoms with Crippen molar-refractivity contribution in [3.8, 4) is 11.4 Å². The minimum atomic E-state index is -0.0915. The number of hydrogen-bond acceptors (Lipinski definition) is 3. The van der Waals surface area contributed by atoms with Gasteiger partial charge in [-0.25, -0.2) is 4.98 Å². The van der Waals surface area contributed by atoms with Crippen LogP contribution in [0.2, 0.25) is 0 Å². The van der Waals surface area contributed by atoms with Gasteiger partial charge in [0.05, 0.1) is 0 Å². The lowest BCUT2D eigenvalue weighted by atomic mass is 10.1. The first kappa shape index (κ1) is 13.5. The highest BCUT2D eigenvalue weighted by molar-refractivity contribution is 5.57. The molecule has 0 saturated heterocycles. The van der Waals surface area contributed by atoms with Crippen LogP contribution in [0.15, 0.2) is 23.0 Å². The van der Waals surface area contributed by atoms with Gasteiger partial charge in [-0.2, -0.15) is 0 Å². The molecule has 3 N–H and O–H groups in total. The predicted molar refractivity (Wildman–Crippen MR) is 77.3 cm³/mol. The monoisotopic (exact) mass is 257 g/mol. The van der Waals surface area contributed by atoms with E-state index in [2.05, 4.69) is 16.9 Å². The van der Waals surface area contributed by atoms with Crippen LogP contribution in [0.5, 0.6) is 0 Å². The third kappa shape index (κ3) is 2.74. The number of H-pyrrole nitrogens is 1. The van der Waals surface area contributed by atoms with Gasteiger partial charge >= 0.3 is 0 Å². The van der Waals surface area contributed by atoms with Crippen LogP contribution in [-0.2, 0) is 6.42 Å². The minimum absolute atomic E-state index is 0.0915. The van der Waals surface area contributed by atoms with Gasteiger partial charge in [-0.3, -0.25) is 4.79 Å². The normalized spacial score (nSPS) is 10.7. The van der Waals surface area contributed by atoms with E-state index >= 15 is 0 Å².